The van der Waals surface area contributed by atoms with Crippen molar-refractivity contribution in [1.82, 2.24) is 5.32 Å². The van der Waals surface area contributed by atoms with Crippen molar-refractivity contribution in [2.75, 3.05) is 10.6 Å². The van der Waals surface area contributed by atoms with Crippen LogP contribution in [0.5, 0.6) is 0 Å². The fourth-order valence-corrected chi connectivity index (χ4v) is 5.65. The third-order valence-electron chi connectivity index (χ3n) is 6.98. The third kappa shape index (κ3) is 8.90. The zero-order valence-electron chi connectivity index (χ0n) is 25.3. The average Bonchev–Trinajstić information content (AvgIpc) is 3.09. The predicted molar refractivity (Wildman–Crippen MR) is 183 cm³/mol. The Hall–Kier alpha value is -5.80. The van der Waals surface area contributed by atoms with Gasteiger partial charge in [0, 0.05) is 33.0 Å². The van der Waals surface area contributed by atoms with Crippen LogP contribution in [0.4, 0.5) is 15.8 Å². The molecule has 1 unspecified atom stereocenters. The van der Waals surface area contributed by atoms with E-state index in [2.05, 4.69) is 16.0 Å². The van der Waals surface area contributed by atoms with E-state index >= 15 is 0 Å². The Labute approximate surface area is 275 Å². The van der Waals surface area contributed by atoms with Crippen molar-refractivity contribution in [3.05, 3.63) is 167 Å². The molecule has 9 heteroatoms. The van der Waals surface area contributed by atoms with Crippen LogP contribution in [-0.4, -0.2) is 23.5 Å². The molecule has 47 heavy (non-hydrogen) atoms. The maximum absolute atomic E-state index is 14.5. The zero-order valence-corrected chi connectivity index (χ0v) is 26.1. The molecule has 5 rings (SSSR count). The molecule has 0 saturated carbocycles. The normalized spacial score (nSPS) is 11.7. The van der Waals surface area contributed by atoms with E-state index in [0.29, 0.717) is 27.4 Å². The summed E-state index contributed by atoms with van der Waals surface area (Å²) >= 11 is 1.29. The van der Waals surface area contributed by atoms with Crippen molar-refractivity contribution in [1.29, 1.82) is 0 Å². The molecule has 5 aromatic carbocycles. The Morgan fingerprint density at radius 2 is 1.34 bits per heavy atom. The van der Waals surface area contributed by atoms with Gasteiger partial charge in [0.05, 0.1) is 0 Å². The number of carbonyl (C=O) groups is 4. The van der Waals surface area contributed by atoms with E-state index < -0.39 is 22.9 Å². The molecule has 0 spiro atoms. The molecule has 0 heterocycles. The van der Waals surface area contributed by atoms with Crippen LogP contribution in [0.25, 0.3) is 6.08 Å². The number of hydrogen-bond donors (Lipinski definition) is 3. The Kier molecular flexibility index (Phi) is 10.7. The quantitative estimate of drug-likeness (QED) is 0.0771. The summed E-state index contributed by atoms with van der Waals surface area (Å²) in [5.74, 6) is -2.08. The number of rotatable bonds is 11. The summed E-state index contributed by atoms with van der Waals surface area (Å²) in [6.07, 6.45) is 1.28. The molecule has 234 valence electrons. The molecule has 0 saturated heterocycles. The number of Topliss-reactive ketones (excluding diaryl/α,β-unsaturated/α-hetero) is 1. The molecule has 5 aromatic rings. The molecule has 0 radical (unpaired) electrons. The smallest absolute Gasteiger partial charge is 0.272 e. The van der Waals surface area contributed by atoms with Gasteiger partial charge in [-0.1, -0.05) is 72.8 Å². The fourth-order valence-electron chi connectivity index (χ4n) is 4.57. The first kappa shape index (κ1) is 32.6. The summed E-state index contributed by atoms with van der Waals surface area (Å²) in [6.45, 7) is 1.48. The second-order valence-electron chi connectivity index (χ2n) is 10.4. The van der Waals surface area contributed by atoms with Crippen molar-refractivity contribution in [3.8, 4) is 0 Å². The molecule has 0 aliphatic carbocycles. The van der Waals surface area contributed by atoms with Gasteiger partial charge in [0.2, 0.25) is 5.91 Å². The van der Waals surface area contributed by atoms with Gasteiger partial charge in [-0.05, 0) is 79.2 Å². The highest BCUT2D eigenvalue weighted by molar-refractivity contribution is 8.00. The Bertz CT molecular complexity index is 1930. The lowest BCUT2D eigenvalue weighted by Crippen LogP contribution is -2.30. The maximum atomic E-state index is 14.5. The molecule has 3 N–H and O–H groups in total. The molecular weight excluding hydrogens is 614 g/mol. The average molecular weight is 644 g/mol. The summed E-state index contributed by atoms with van der Waals surface area (Å²) in [5.41, 5.74) is 2.57. The van der Waals surface area contributed by atoms with E-state index in [0.717, 1.165) is 5.56 Å². The molecule has 0 aromatic heterocycles. The largest absolute Gasteiger partial charge is 0.325 e. The number of nitrogens with one attached hydrogen (secondary N) is 3. The van der Waals surface area contributed by atoms with E-state index in [-0.39, 0.29) is 23.0 Å². The number of anilines is 2. The van der Waals surface area contributed by atoms with Crippen LogP contribution in [-0.2, 0) is 9.59 Å². The number of hydrogen-bond acceptors (Lipinski definition) is 5. The van der Waals surface area contributed by atoms with Gasteiger partial charge in [-0.2, -0.15) is 0 Å². The minimum atomic E-state index is -0.661. The minimum absolute atomic E-state index is 0.0685. The molecule has 3 amide bonds. The highest BCUT2D eigenvalue weighted by atomic mass is 32.2. The Morgan fingerprint density at radius 1 is 0.681 bits per heavy atom. The second-order valence-corrected chi connectivity index (χ2v) is 11.6. The van der Waals surface area contributed by atoms with Crippen LogP contribution in [0, 0.1) is 5.82 Å². The van der Waals surface area contributed by atoms with Gasteiger partial charge in [0.25, 0.3) is 11.8 Å². The number of halogens is 1. The molecule has 0 aliphatic rings. The maximum Gasteiger partial charge on any atom is 0.272 e. The first-order valence-electron chi connectivity index (χ1n) is 14.6. The van der Waals surface area contributed by atoms with Crippen molar-refractivity contribution in [2.24, 2.45) is 0 Å². The number of ketones is 1. The van der Waals surface area contributed by atoms with Gasteiger partial charge in [0.1, 0.15) is 16.8 Å². The lowest BCUT2D eigenvalue weighted by molar-refractivity contribution is -0.116. The Morgan fingerprint density at radius 3 is 2.02 bits per heavy atom. The van der Waals surface area contributed by atoms with Crippen LogP contribution in [0.3, 0.4) is 0 Å². The number of benzene rings is 5. The molecule has 0 bridgehead atoms. The van der Waals surface area contributed by atoms with Crippen molar-refractivity contribution >= 4 is 52.7 Å². The highest BCUT2D eigenvalue weighted by Gasteiger charge is 2.23. The van der Waals surface area contributed by atoms with Gasteiger partial charge in [-0.15, -0.1) is 11.8 Å². The van der Waals surface area contributed by atoms with Gasteiger partial charge < -0.3 is 16.0 Å². The van der Waals surface area contributed by atoms with Gasteiger partial charge in [-0.3, -0.25) is 19.2 Å². The summed E-state index contributed by atoms with van der Waals surface area (Å²) in [4.78, 5) is 52.4. The number of amides is 3. The number of thioether (sulfide) groups is 1. The van der Waals surface area contributed by atoms with Crippen LogP contribution in [0.1, 0.15) is 44.0 Å². The summed E-state index contributed by atoms with van der Waals surface area (Å²) < 4.78 is 14.5. The van der Waals surface area contributed by atoms with Crippen LogP contribution in [0.2, 0.25) is 0 Å². The number of carbonyl (C=O) groups excluding carboxylic acids is 4. The summed E-state index contributed by atoms with van der Waals surface area (Å²) in [6, 6.07) is 37.2. The van der Waals surface area contributed by atoms with E-state index in [4.69, 9.17) is 0 Å². The van der Waals surface area contributed by atoms with Gasteiger partial charge >= 0.3 is 0 Å². The predicted octanol–water partition coefficient (Wildman–Crippen LogP) is 7.91. The molecule has 7 nitrogen and oxygen atoms in total. The SMILES string of the molecule is CC(=O)c1ccc(NC(=O)C(Sc2cccc(NC(=O)/C(=C/c3ccccc3F)NC(=O)c3ccccc3)c2)c2ccccc2)cc1. The monoisotopic (exact) mass is 643 g/mol. The van der Waals surface area contributed by atoms with E-state index in [1.165, 1.54) is 43.0 Å². The van der Waals surface area contributed by atoms with Crippen molar-refractivity contribution < 1.29 is 23.6 Å². The summed E-state index contributed by atoms with van der Waals surface area (Å²) in [7, 11) is 0. The van der Waals surface area contributed by atoms with E-state index in [9.17, 15) is 23.6 Å². The first-order valence-corrected chi connectivity index (χ1v) is 15.5. The van der Waals surface area contributed by atoms with Gasteiger partial charge in [0.15, 0.2) is 5.78 Å². The standard InChI is InChI=1S/C38H30FN3O4S/c1-25(43)26-19-21-30(22-20-26)40-38(46)35(27-11-4-2-5-12-27)47-32-17-10-16-31(24-32)41-37(45)34(23-29-15-8-9-18-33(29)39)42-36(44)28-13-6-3-7-14-28/h2-24,35H,1H3,(H,40,46)(H,41,45)(H,42,44)/b34-23-. The minimum Gasteiger partial charge on any atom is -0.325 e. The molecule has 0 aliphatic heterocycles. The zero-order chi connectivity index (χ0) is 33.2. The Balaban J connectivity index is 1.37. The van der Waals surface area contributed by atoms with Crippen LogP contribution < -0.4 is 16.0 Å². The summed E-state index contributed by atoms with van der Waals surface area (Å²) in [5, 5.41) is 7.67. The van der Waals surface area contributed by atoms with Crippen molar-refractivity contribution in [2.45, 2.75) is 17.1 Å². The molecular formula is C38H30FN3O4S. The fraction of sp³-hybridized carbons (Fsp3) is 0.0526. The van der Waals surface area contributed by atoms with Crippen LogP contribution >= 0.6 is 11.8 Å². The second kappa shape index (κ2) is 15.5. The lowest BCUT2D eigenvalue weighted by Gasteiger charge is -2.18. The van der Waals surface area contributed by atoms with Crippen LogP contribution in [0.15, 0.2) is 144 Å². The topological polar surface area (TPSA) is 104 Å². The highest BCUT2D eigenvalue weighted by Crippen LogP contribution is 2.37. The van der Waals surface area contributed by atoms with Gasteiger partial charge in [-0.25, -0.2) is 4.39 Å². The molecule has 0 fully saturated rings. The third-order valence-corrected chi connectivity index (χ3v) is 8.23. The van der Waals surface area contributed by atoms with E-state index in [1.807, 2.05) is 36.4 Å². The first-order chi connectivity index (χ1) is 22.8. The molecule has 1 atom stereocenters. The lowest BCUT2D eigenvalue weighted by atomic mass is 10.1. The van der Waals surface area contributed by atoms with E-state index in [1.54, 1.807) is 78.9 Å². The van der Waals surface area contributed by atoms with Crippen molar-refractivity contribution in [3.63, 3.8) is 0 Å².